The van der Waals surface area contributed by atoms with Crippen molar-refractivity contribution in [1.29, 1.82) is 0 Å². The van der Waals surface area contributed by atoms with E-state index in [1.807, 2.05) is 17.0 Å². The van der Waals surface area contributed by atoms with Crippen molar-refractivity contribution in [1.82, 2.24) is 20.1 Å². The second-order valence-corrected chi connectivity index (χ2v) is 9.97. The van der Waals surface area contributed by atoms with Crippen LogP contribution in [0.3, 0.4) is 0 Å². The number of ether oxygens (including phenoxy) is 3. The summed E-state index contributed by atoms with van der Waals surface area (Å²) in [4.78, 5) is 43.0. The molecule has 3 aliphatic heterocycles. The molecule has 0 radical (unpaired) electrons. The Morgan fingerprint density at radius 2 is 1.93 bits per heavy atom. The van der Waals surface area contributed by atoms with Gasteiger partial charge in [-0.1, -0.05) is 13.8 Å². The normalized spacial score (nSPS) is 16.6. The number of fused-ring (bicyclic) bond motifs is 3. The average Bonchev–Trinajstić information content (AvgIpc) is 3.47. The van der Waals surface area contributed by atoms with Gasteiger partial charge in [-0.15, -0.1) is 0 Å². The van der Waals surface area contributed by atoms with Gasteiger partial charge in [-0.25, -0.2) is 9.98 Å². The van der Waals surface area contributed by atoms with Crippen LogP contribution >= 0.6 is 0 Å². The number of carbonyl (C=O) groups excluding carboxylic acids is 2. The number of guanidine groups is 1. The van der Waals surface area contributed by atoms with Crippen LogP contribution < -0.4 is 20.1 Å². The average molecular weight is 550 g/mol. The van der Waals surface area contributed by atoms with Crippen LogP contribution in [0.1, 0.15) is 36.2 Å². The number of amidine groups is 1. The van der Waals surface area contributed by atoms with Crippen molar-refractivity contribution >= 4 is 35.1 Å². The molecule has 12 heteroatoms. The largest absolute Gasteiger partial charge is 0.491 e. The van der Waals surface area contributed by atoms with Crippen molar-refractivity contribution in [3.8, 4) is 11.5 Å². The summed E-state index contributed by atoms with van der Waals surface area (Å²) in [5.41, 5.74) is 1.71. The van der Waals surface area contributed by atoms with Crippen molar-refractivity contribution in [2.24, 2.45) is 15.9 Å². The molecule has 2 N–H and O–H groups in total. The van der Waals surface area contributed by atoms with Gasteiger partial charge >= 0.3 is 0 Å². The second kappa shape index (κ2) is 12.4. The molecule has 212 valence electrons. The number of amides is 2. The number of carbonyl (C=O) groups is 2. The van der Waals surface area contributed by atoms with Gasteiger partial charge in [-0.05, 0) is 30.7 Å². The number of methoxy groups -OCH3 is 1. The first-order valence-corrected chi connectivity index (χ1v) is 13.6. The number of nitrogens with one attached hydrogen (secondary N) is 2. The lowest BCUT2D eigenvalue weighted by atomic mass is 10.1. The molecule has 0 unspecified atom stereocenters. The van der Waals surface area contributed by atoms with Crippen molar-refractivity contribution in [2.75, 3.05) is 65.0 Å². The van der Waals surface area contributed by atoms with Gasteiger partial charge in [0.05, 0.1) is 39.0 Å². The molecule has 1 aromatic carbocycles. The summed E-state index contributed by atoms with van der Waals surface area (Å²) in [7, 11) is 1.58. The molecular formula is C28H35N7O5. The number of nitrogens with zero attached hydrogens (tertiary/aromatic N) is 5. The van der Waals surface area contributed by atoms with Gasteiger partial charge in [0.1, 0.15) is 17.3 Å². The van der Waals surface area contributed by atoms with Gasteiger partial charge in [0.15, 0.2) is 11.5 Å². The fraction of sp³-hybridized carbons (Fsp3) is 0.464. The number of morpholine rings is 1. The van der Waals surface area contributed by atoms with E-state index in [-0.39, 0.29) is 17.7 Å². The monoisotopic (exact) mass is 549 g/mol. The molecule has 1 aromatic heterocycles. The van der Waals surface area contributed by atoms with E-state index in [1.165, 1.54) is 6.20 Å². The maximum atomic E-state index is 13.1. The van der Waals surface area contributed by atoms with E-state index in [4.69, 9.17) is 19.2 Å². The summed E-state index contributed by atoms with van der Waals surface area (Å²) < 4.78 is 17.3. The smallest absolute Gasteiger partial charge is 0.259 e. The Morgan fingerprint density at radius 3 is 2.65 bits per heavy atom. The number of anilines is 1. The molecule has 5 rings (SSSR count). The molecule has 1 saturated heterocycles. The number of aliphatic imine (C=N–C) groups is 2. The van der Waals surface area contributed by atoms with Crippen LogP contribution in [0.2, 0.25) is 0 Å². The molecule has 1 fully saturated rings. The van der Waals surface area contributed by atoms with E-state index in [1.54, 1.807) is 33.1 Å². The summed E-state index contributed by atoms with van der Waals surface area (Å²) in [6, 6.07) is 7.03. The fourth-order valence-electron chi connectivity index (χ4n) is 4.64. The van der Waals surface area contributed by atoms with E-state index in [2.05, 4.69) is 25.5 Å². The third kappa shape index (κ3) is 6.07. The third-order valence-electron chi connectivity index (χ3n) is 6.86. The van der Waals surface area contributed by atoms with Crippen LogP contribution in [0.4, 0.5) is 11.5 Å². The number of hydrogen-bond donors (Lipinski definition) is 2. The number of aromatic nitrogens is 1. The molecule has 0 atom stereocenters. The predicted octanol–water partition coefficient (Wildman–Crippen LogP) is 2.28. The molecule has 0 spiro atoms. The van der Waals surface area contributed by atoms with E-state index >= 15 is 0 Å². The van der Waals surface area contributed by atoms with Gasteiger partial charge in [0.2, 0.25) is 11.9 Å². The lowest BCUT2D eigenvalue weighted by molar-refractivity contribution is -0.118. The zero-order valence-electron chi connectivity index (χ0n) is 23.1. The van der Waals surface area contributed by atoms with Crippen molar-refractivity contribution in [3.63, 3.8) is 0 Å². The van der Waals surface area contributed by atoms with E-state index < -0.39 is 0 Å². The Labute approximate surface area is 233 Å². The van der Waals surface area contributed by atoms with Crippen LogP contribution in [0.5, 0.6) is 11.5 Å². The number of benzene rings is 1. The van der Waals surface area contributed by atoms with Gasteiger partial charge in [0, 0.05) is 43.9 Å². The van der Waals surface area contributed by atoms with Crippen LogP contribution in [-0.2, 0) is 9.53 Å². The first-order chi connectivity index (χ1) is 19.4. The first-order valence-electron chi connectivity index (χ1n) is 13.6. The highest BCUT2D eigenvalue weighted by Crippen LogP contribution is 2.43. The summed E-state index contributed by atoms with van der Waals surface area (Å²) in [6.07, 6.45) is 2.30. The third-order valence-corrected chi connectivity index (χ3v) is 6.86. The number of hydrogen-bond acceptors (Lipinski definition) is 10. The van der Waals surface area contributed by atoms with Crippen LogP contribution in [0.15, 0.2) is 40.4 Å². The molecule has 40 heavy (non-hydrogen) atoms. The Kier molecular flexibility index (Phi) is 8.56. The molecule has 2 amide bonds. The quantitative estimate of drug-likeness (QED) is 0.456. The molecule has 0 aliphatic carbocycles. The minimum atomic E-state index is -0.378. The van der Waals surface area contributed by atoms with Crippen molar-refractivity contribution in [2.45, 2.75) is 20.3 Å². The van der Waals surface area contributed by atoms with Crippen molar-refractivity contribution < 1.29 is 23.8 Å². The number of pyridine rings is 1. The highest BCUT2D eigenvalue weighted by molar-refractivity contribution is 6.20. The molecule has 0 saturated carbocycles. The second-order valence-electron chi connectivity index (χ2n) is 9.97. The summed E-state index contributed by atoms with van der Waals surface area (Å²) in [5.74, 6) is 1.86. The molecule has 3 aliphatic rings. The Bertz CT molecular complexity index is 1300. The molecule has 4 heterocycles. The van der Waals surface area contributed by atoms with E-state index in [0.717, 1.165) is 50.7 Å². The highest BCUT2D eigenvalue weighted by Gasteiger charge is 2.33. The minimum absolute atomic E-state index is 0.143. The lowest BCUT2D eigenvalue weighted by Crippen LogP contribution is -2.47. The Morgan fingerprint density at radius 1 is 1.10 bits per heavy atom. The van der Waals surface area contributed by atoms with Gasteiger partial charge in [0.25, 0.3) is 5.91 Å². The molecule has 12 nitrogen and oxygen atoms in total. The van der Waals surface area contributed by atoms with Gasteiger partial charge in [-0.2, -0.15) is 0 Å². The van der Waals surface area contributed by atoms with E-state index in [0.29, 0.717) is 54.2 Å². The Balaban J connectivity index is 1.31. The van der Waals surface area contributed by atoms with Gasteiger partial charge < -0.3 is 19.5 Å². The SMILES string of the molecule is COc1c(OCCCN2CCOCC2)ccc2c1N=C(NC(=O)c1ccc(NC(=O)C(C)C)nc1)N1CCN=C21. The molecular weight excluding hydrogens is 514 g/mol. The zero-order valence-corrected chi connectivity index (χ0v) is 23.1. The fourth-order valence-corrected chi connectivity index (χ4v) is 4.64. The highest BCUT2D eigenvalue weighted by atomic mass is 16.5. The summed E-state index contributed by atoms with van der Waals surface area (Å²) in [6.45, 7) is 9.68. The maximum Gasteiger partial charge on any atom is 0.259 e. The lowest BCUT2D eigenvalue weighted by Gasteiger charge is -2.29. The first kappa shape index (κ1) is 27.5. The maximum absolute atomic E-state index is 13.1. The molecule has 0 bridgehead atoms. The topological polar surface area (TPSA) is 130 Å². The number of rotatable bonds is 9. The molecule has 2 aromatic rings. The minimum Gasteiger partial charge on any atom is -0.491 e. The predicted molar refractivity (Wildman–Crippen MR) is 151 cm³/mol. The standard InChI is InChI=1S/C28H35N7O5/c1-18(2)26(36)31-22-8-5-19(17-30-22)27(37)33-28-32-23-20(25-29-9-11-35(25)28)6-7-21(24(23)38-3)40-14-4-10-34-12-15-39-16-13-34/h5-8,17-18H,4,9-16H2,1-3H3,(H,30,31,36)(H,32,33,37). The van der Waals surface area contributed by atoms with Crippen LogP contribution in [0, 0.1) is 5.92 Å². The van der Waals surface area contributed by atoms with Crippen molar-refractivity contribution in [3.05, 3.63) is 41.6 Å². The van der Waals surface area contributed by atoms with Crippen LogP contribution in [0.25, 0.3) is 0 Å². The summed E-state index contributed by atoms with van der Waals surface area (Å²) >= 11 is 0. The van der Waals surface area contributed by atoms with E-state index in [9.17, 15) is 9.59 Å². The summed E-state index contributed by atoms with van der Waals surface area (Å²) in [5, 5.41) is 5.62. The van der Waals surface area contributed by atoms with Gasteiger partial charge in [-0.3, -0.25) is 29.7 Å². The Hall–Kier alpha value is -4.03. The van der Waals surface area contributed by atoms with Crippen LogP contribution in [-0.4, -0.2) is 98.0 Å². The zero-order chi connectivity index (χ0) is 28.1.